The van der Waals surface area contributed by atoms with E-state index < -0.39 is 12.0 Å². The molecule has 1 aromatic carbocycles. The van der Waals surface area contributed by atoms with Crippen LogP contribution in [0.4, 0.5) is 0 Å². The Labute approximate surface area is 118 Å². The number of amides is 1. The third-order valence-electron chi connectivity index (χ3n) is 4.51. The second-order valence-electron chi connectivity index (χ2n) is 6.32. The van der Waals surface area contributed by atoms with Crippen LogP contribution in [0.1, 0.15) is 42.0 Å². The van der Waals surface area contributed by atoms with Crippen LogP contribution >= 0.6 is 0 Å². The first-order valence-corrected chi connectivity index (χ1v) is 7.03. The van der Waals surface area contributed by atoms with Crippen LogP contribution in [-0.4, -0.2) is 17.0 Å². The van der Waals surface area contributed by atoms with Gasteiger partial charge < -0.3 is 10.4 Å². The molecule has 2 aliphatic carbocycles. The molecule has 20 heavy (non-hydrogen) atoms. The second kappa shape index (κ2) is 4.33. The van der Waals surface area contributed by atoms with Gasteiger partial charge >= 0.3 is 5.97 Å². The number of aliphatic carboxylic acids is 1. The molecule has 3 rings (SSSR count). The first-order valence-electron chi connectivity index (χ1n) is 7.03. The molecule has 1 spiro atoms. The zero-order chi connectivity index (χ0) is 14.5. The van der Waals surface area contributed by atoms with Gasteiger partial charge in [0.2, 0.25) is 5.91 Å². The van der Waals surface area contributed by atoms with Crippen LogP contribution in [0.2, 0.25) is 0 Å². The lowest BCUT2D eigenvalue weighted by atomic mass is 10.0. The Morgan fingerprint density at radius 3 is 2.30 bits per heavy atom. The quantitative estimate of drug-likeness (QED) is 0.885. The Balaban J connectivity index is 1.78. The molecular formula is C16H19NO3. The highest BCUT2D eigenvalue weighted by molar-refractivity contribution is 5.88. The zero-order valence-electron chi connectivity index (χ0n) is 11.8. The monoisotopic (exact) mass is 273 g/mol. The molecule has 2 unspecified atom stereocenters. The molecule has 4 heteroatoms. The van der Waals surface area contributed by atoms with E-state index in [1.165, 1.54) is 0 Å². The minimum atomic E-state index is -1.01. The Hall–Kier alpha value is -1.84. The summed E-state index contributed by atoms with van der Waals surface area (Å²) in [7, 11) is 0. The summed E-state index contributed by atoms with van der Waals surface area (Å²) in [4.78, 5) is 23.6. The molecule has 0 bridgehead atoms. The molecule has 0 aromatic heterocycles. The van der Waals surface area contributed by atoms with E-state index in [2.05, 4.69) is 5.32 Å². The maximum atomic E-state index is 12.1. The number of hydrogen-bond acceptors (Lipinski definition) is 2. The molecule has 2 aliphatic rings. The molecule has 2 fully saturated rings. The van der Waals surface area contributed by atoms with Crippen LogP contribution in [0, 0.1) is 25.2 Å². The number of carbonyl (C=O) groups excluding carboxylic acids is 1. The Morgan fingerprint density at radius 1 is 1.25 bits per heavy atom. The summed E-state index contributed by atoms with van der Waals surface area (Å²) in [6.45, 7) is 3.86. The van der Waals surface area contributed by atoms with Gasteiger partial charge in [-0.1, -0.05) is 29.3 Å². The normalized spacial score (nSPS) is 23.2. The van der Waals surface area contributed by atoms with Crippen molar-refractivity contribution in [2.24, 2.45) is 11.3 Å². The van der Waals surface area contributed by atoms with Gasteiger partial charge in [-0.25, -0.2) is 4.79 Å². The molecule has 2 atom stereocenters. The summed E-state index contributed by atoms with van der Waals surface area (Å²) in [6, 6.07) is 4.69. The van der Waals surface area contributed by atoms with E-state index >= 15 is 0 Å². The lowest BCUT2D eigenvalue weighted by Crippen LogP contribution is -2.35. The van der Waals surface area contributed by atoms with E-state index in [1.807, 2.05) is 32.0 Å². The van der Waals surface area contributed by atoms with Crippen molar-refractivity contribution in [1.82, 2.24) is 5.32 Å². The van der Waals surface area contributed by atoms with E-state index in [4.69, 9.17) is 0 Å². The largest absolute Gasteiger partial charge is 0.479 e. The highest BCUT2D eigenvalue weighted by atomic mass is 16.4. The first-order chi connectivity index (χ1) is 9.41. The second-order valence-corrected chi connectivity index (χ2v) is 6.32. The Morgan fingerprint density at radius 2 is 1.85 bits per heavy atom. The topological polar surface area (TPSA) is 66.4 Å². The lowest BCUT2D eigenvalue weighted by Gasteiger charge is -2.16. The third-order valence-corrected chi connectivity index (χ3v) is 4.51. The summed E-state index contributed by atoms with van der Waals surface area (Å²) in [5.74, 6) is -1.07. The van der Waals surface area contributed by atoms with Crippen molar-refractivity contribution >= 4 is 11.9 Å². The van der Waals surface area contributed by atoms with Gasteiger partial charge in [0, 0.05) is 5.92 Å². The lowest BCUT2D eigenvalue weighted by molar-refractivity contribution is -0.142. The van der Waals surface area contributed by atoms with Gasteiger partial charge in [0.1, 0.15) is 0 Å². The van der Waals surface area contributed by atoms with Crippen molar-refractivity contribution in [1.29, 1.82) is 0 Å². The number of carboxylic acid groups (broad SMARTS) is 1. The highest BCUT2D eigenvalue weighted by Crippen LogP contribution is 2.70. The molecular weight excluding hydrogens is 254 g/mol. The number of rotatable bonds is 4. The number of benzene rings is 1. The van der Waals surface area contributed by atoms with Crippen LogP contribution < -0.4 is 5.32 Å². The van der Waals surface area contributed by atoms with Gasteiger partial charge in [-0.2, -0.15) is 0 Å². The molecule has 1 amide bonds. The molecule has 0 heterocycles. The highest BCUT2D eigenvalue weighted by Gasteiger charge is 2.65. The summed E-state index contributed by atoms with van der Waals surface area (Å²) in [5, 5.41) is 12.1. The summed E-state index contributed by atoms with van der Waals surface area (Å²) in [6.07, 6.45) is 3.16. The summed E-state index contributed by atoms with van der Waals surface area (Å²) >= 11 is 0. The van der Waals surface area contributed by atoms with Crippen molar-refractivity contribution in [3.8, 4) is 0 Å². The molecule has 0 saturated heterocycles. The maximum Gasteiger partial charge on any atom is 0.330 e. The van der Waals surface area contributed by atoms with E-state index in [0.717, 1.165) is 30.4 Å². The zero-order valence-corrected chi connectivity index (χ0v) is 11.8. The van der Waals surface area contributed by atoms with Crippen LogP contribution in [0.5, 0.6) is 0 Å². The van der Waals surface area contributed by atoms with E-state index in [1.54, 1.807) is 0 Å². The maximum absolute atomic E-state index is 12.1. The van der Waals surface area contributed by atoms with Crippen molar-refractivity contribution in [3.05, 3.63) is 34.9 Å². The van der Waals surface area contributed by atoms with Crippen molar-refractivity contribution in [2.45, 2.75) is 39.2 Å². The number of nitrogens with one attached hydrogen (secondary N) is 1. The fourth-order valence-corrected chi connectivity index (χ4v) is 3.14. The van der Waals surface area contributed by atoms with E-state index in [0.29, 0.717) is 5.56 Å². The number of aryl methyl sites for hydroxylation is 2. The van der Waals surface area contributed by atoms with Crippen molar-refractivity contribution < 1.29 is 14.7 Å². The average Bonchev–Trinajstić information content (AvgIpc) is 3.25. The molecule has 1 aromatic rings. The van der Waals surface area contributed by atoms with E-state index in [9.17, 15) is 14.7 Å². The smallest absolute Gasteiger partial charge is 0.330 e. The Kier molecular flexibility index (Phi) is 2.85. The third kappa shape index (κ3) is 2.30. The molecule has 2 saturated carbocycles. The van der Waals surface area contributed by atoms with Gasteiger partial charge in [-0.15, -0.1) is 0 Å². The number of carboxylic acids is 1. The summed E-state index contributed by atoms with van der Waals surface area (Å²) < 4.78 is 0. The minimum Gasteiger partial charge on any atom is -0.479 e. The van der Waals surface area contributed by atoms with Crippen molar-refractivity contribution in [2.75, 3.05) is 0 Å². The molecule has 106 valence electrons. The van der Waals surface area contributed by atoms with Crippen LogP contribution in [0.3, 0.4) is 0 Å². The van der Waals surface area contributed by atoms with Crippen LogP contribution in [0.15, 0.2) is 18.2 Å². The van der Waals surface area contributed by atoms with Crippen LogP contribution in [0.25, 0.3) is 0 Å². The molecule has 2 N–H and O–H groups in total. The average molecular weight is 273 g/mol. The molecule has 4 nitrogen and oxygen atoms in total. The SMILES string of the molecule is Cc1cc(C)cc(C(NC(=O)C2CC23CC3)C(=O)O)c1. The predicted molar refractivity (Wildman–Crippen MR) is 74.2 cm³/mol. The number of carbonyl (C=O) groups is 2. The Bertz CT molecular complexity index is 569. The van der Waals surface area contributed by atoms with E-state index in [-0.39, 0.29) is 17.2 Å². The summed E-state index contributed by atoms with van der Waals surface area (Å²) in [5.41, 5.74) is 2.90. The van der Waals surface area contributed by atoms with Gasteiger partial charge in [0.05, 0.1) is 0 Å². The van der Waals surface area contributed by atoms with Gasteiger partial charge in [-0.3, -0.25) is 4.79 Å². The van der Waals surface area contributed by atoms with Gasteiger partial charge in [0.15, 0.2) is 6.04 Å². The van der Waals surface area contributed by atoms with Gasteiger partial charge in [-0.05, 0) is 44.1 Å². The fourth-order valence-electron chi connectivity index (χ4n) is 3.14. The standard InChI is InChI=1S/C16H19NO3/c1-9-5-10(2)7-11(6-9)13(15(19)20)17-14(18)12-8-16(12)3-4-16/h5-7,12-13H,3-4,8H2,1-2H3,(H,17,18)(H,19,20). The van der Waals surface area contributed by atoms with Gasteiger partial charge in [0.25, 0.3) is 0 Å². The first kappa shape index (κ1) is 13.2. The molecule has 0 aliphatic heterocycles. The molecule has 0 radical (unpaired) electrons. The predicted octanol–water partition coefficient (Wildman–Crippen LogP) is 2.35. The minimum absolute atomic E-state index is 0.0373. The van der Waals surface area contributed by atoms with Crippen LogP contribution in [-0.2, 0) is 9.59 Å². The fraction of sp³-hybridized carbons (Fsp3) is 0.500. The number of hydrogen-bond donors (Lipinski definition) is 2. The van der Waals surface area contributed by atoms with Crippen molar-refractivity contribution in [3.63, 3.8) is 0 Å².